The highest BCUT2D eigenvalue weighted by Gasteiger charge is 2.13. The first-order valence-corrected chi connectivity index (χ1v) is 6.07. The summed E-state index contributed by atoms with van der Waals surface area (Å²) in [7, 11) is 1.82. The van der Waals surface area contributed by atoms with E-state index in [4.69, 9.17) is 0 Å². The van der Waals surface area contributed by atoms with Crippen LogP contribution in [-0.2, 0) is 0 Å². The molecule has 3 heteroatoms. The Kier molecular flexibility index (Phi) is 4.33. The van der Waals surface area contributed by atoms with Gasteiger partial charge < -0.3 is 4.90 Å². The van der Waals surface area contributed by atoms with Gasteiger partial charge in [-0.25, -0.2) is 0 Å². The summed E-state index contributed by atoms with van der Waals surface area (Å²) < 4.78 is 0. The number of rotatable bonds is 3. The van der Waals surface area contributed by atoms with Crippen LogP contribution in [0.4, 0.5) is 0 Å². The number of nitrogens with zero attached hydrogens (tertiary/aromatic N) is 1. The molecule has 0 aliphatic rings. The van der Waals surface area contributed by atoms with Crippen LogP contribution in [0.1, 0.15) is 21.5 Å². The fourth-order valence-electron chi connectivity index (χ4n) is 1.40. The van der Waals surface area contributed by atoms with Gasteiger partial charge in [0, 0.05) is 24.5 Å². The van der Waals surface area contributed by atoms with Crippen molar-refractivity contribution in [3.05, 3.63) is 34.9 Å². The molecule has 0 radical (unpaired) electrons. The van der Waals surface area contributed by atoms with Crippen LogP contribution in [0.15, 0.2) is 18.2 Å². The number of carbonyl (C=O) groups excluding carboxylic acids is 1. The largest absolute Gasteiger partial charge is 0.341 e. The van der Waals surface area contributed by atoms with Crippen molar-refractivity contribution in [2.45, 2.75) is 13.8 Å². The highest BCUT2D eigenvalue weighted by atomic mass is 79.9. The minimum absolute atomic E-state index is 0.0932. The summed E-state index contributed by atoms with van der Waals surface area (Å²) in [6.45, 7) is 4.70. The quantitative estimate of drug-likeness (QED) is 0.773. The summed E-state index contributed by atoms with van der Waals surface area (Å²) in [5.41, 5.74) is 2.96. The lowest BCUT2D eigenvalue weighted by Crippen LogP contribution is -2.29. The van der Waals surface area contributed by atoms with Gasteiger partial charge in [0.2, 0.25) is 0 Å². The normalized spacial score (nSPS) is 10.1. The smallest absolute Gasteiger partial charge is 0.253 e. The van der Waals surface area contributed by atoms with Gasteiger partial charge in [-0.3, -0.25) is 4.79 Å². The summed E-state index contributed by atoms with van der Waals surface area (Å²) in [4.78, 5) is 13.7. The fraction of sp³-hybridized carbons (Fsp3) is 0.417. The molecule has 1 rings (SSSR count). The first-order chi connectivity index (χ1) is 7.06. The Hall–Kier alpha value is -0.830. The third-order valence-electron chi connectivity index (χ3n) is 2.39. The molecule has 0 spiro atoms. The van der Waals surface area contributed by atoms with E-state index in [2.05, 4.69) is 15.9 Å². The minimum Gasteiger partial charge on any atom is -0.341 e. The minimum atomic E-state index is 0.0932. The van der Waals surface area contributed by atoms with Gasteiger partial charge in [0.25, 0.3) is 5.91 Å². The number of amides is 1. The van der Waals surface area contributed by atoms with Crippen LogP contribution in [-0.4, -0.2) is 29.7 Å². The van der Waals surface area contributed by atoms with Gasteiger partial charge >= 0.3 is 0 Å². The van der Waals surface area contributed by atoms with Crippen LogP contribution in [0.25, 0.3) is 0 Å². The van der Waals surface area contributed by atoms with Crippen LogP contribution < -0.4 is 0 Å². The molecule has 1 aromatic carbocycles. The van der Waals surface area contributed by atoms with Crippen molar-refractivity contribution in [3.63, 3.8) is 0 Å². The zero-order chi connectivity index (χ0) is 11.4. The Bertz CT molecular complexity index is 363. The second kappa shape index (κ2) is 5.31. The van der Waals surface area contributed by atoms with Crippen molar-refractivity contribution in [1.82, 2.24) is 4.90 Å². The van der Waals surface area contributed by atoms with Crippen molar-refractivity contribution in [1.29, 1.82) is 0 Å². The highest BCUT2D eigenvalue weighted by molar-refractivity contribution is 9.09. The summed E-state index contributed by atoms with van der Waals surface area (Å²) >= 11 is 3.33. The molecule has 15 heavy (non-hydrogen) atoms. The van der Waals surface area contributed by atoms with Gasteiger partial charge in [0.1, 0.15) is 0 Å². The molecule has 0 atom stereocenters. The number of hydrogen-bond donors (Lipinski definition) is 0. The van der Waals surface area contributed by atoms with E-state index in [1.807, 2.05) is 39.1 Å². The summed E-state index contributed by atoms with van der Waals surface area (Å²) in [6, 6.07) is 5.96. The number of carbonyl (C=O) groups is 1. The number of alkyl halides is 1. The molecular formula is C12H16BrNO. The molecule has 0 unspecified atom stereocenters. The summed E-state index contributed by atoms with van der Waals surface area (Å²) in [5, 5.41) is 0.806. The van der Waals surface area contributed by atoms with E-state index < -0.39 is 0 Å². The monoisotopic (exact) mass is 269 g/mol. The zero-order valence-corrected chi connectivity index (χ0v) is 11.0. The van der Waals surface area contributed by atoms with E-state index in [0.29, 0.717) is 0 Å². The van der Waals surface area contributed by atoms with Gasteiger partial charge in [0.05, 0.1) is 0 Å². The van der Waals surface area contributed by atoms with Crippen molar-refractivity contribution in [2.24, 2.45) is 0 Å². The van der Waals surface area contributed by atoms with E-state index in [1.165, 1.54) is 0 Å². The van der Waals surface area contributed by atoms with Crippen molar-refractivity contribution >= 4 is 21.8 Å². The predicted octanol–water partition coefficient (Wildman–Crippen LogP) is 2.77. The first kappa shape index (κ1) is 12.2. The maximum Gasteiger partial charge on any atom is 0.253 e. The molecule has 0 saturated carbocycles. The molecule has 1 aromatic rings. The average molecular weight is 270 g/mol. The fourth-order valence-corrected chi connectivity index (χ4v) is 1.93. The number of aryl methyl sites for hydroxylation is 2. The van der Waals surface area contributed by atoms with Gasteiger partial charge in [0.15, 0.2) is 0 Å². The van der Waals surface area contributed by atoms with E-state index in [0.717, 1.165) is 28.6 Å². The molecule has 1 amide bonds. The SMILES string of the molecule is Cc1ccc(C)c(C(=O)N(C)CCBr)c1. The van der Waals surface area contributed by atoms with Crippen LogP contribution in [0.2, 0.25) is 0 Å². The van der Waals surface area contributed by atoms with Crippen molar-refractivity contribution in [2.75, 3.05) is 18.9 Å². The van der Waals surface area contributed by atoms with Crippen LogP contribution in [0.3, 0.4) is 0 Å². The number of halogens is 1. The molecule has 0 heterocycles. The third-order valence-corrected chi connectivity index (χ3v) is 2.74. The topological polar surface area (TPSA) is 20.3 Å². The molecule has 0 N–H and O–H groups in total. The zero-order valence-electron chi connectivity index (χ0n) is 9.38. The second-order valence-electron chi connectivity index (χ2n) is 3.73. The van der Waals surface area contributed by atoms with E-state index in [1.54, 1.807) is 4.90 Å². The maximum atomic E-state index is 12.0. The predicted molar refractivity (Wildman–Crippen MR) is 66.7 cm³/mol. The second-order valence-corrected chi connectivity index (χ2v) is 4.53. The molecule has 2 nitrogen and oxygen atoms in total. The van der Waals surface area contributed by atoms with E-state index in [9.17, 15) is 4.79 Å². The Morgan fingerprint density at radius 1 is 1.40 bits per heavy atom. The van der Waals surface area contributed by atoms with Crippen molar-refractivity contribution < 1.29 is 4.79 Å². The molecule has 0 saturated heterocycles. The van der Waals surface area contributed by atoms with Crippen LogP contribution in [0, 0.1) is 13.8 Å². The van der Waals surface area contributed by atoms with Crippen LogP contribution >= 0.6 is 15.9 Å². The van der Waals surface area contributed by atoms with Gasteiger partial charge in [-0.15, -0.1) is 0 Å². The Balaban J connectivity index is 2.95. The number of benzene rings is 1. The maximum absolute atomic E-state index is 12.0. The molecule has 0 aromatic heterocycles. The van der Waals surface area contributed by atoms with Crippen LogP contribution in [0.5, 0.6) is 0 Å². The van der Waals surface area contributed by atoms with Gasteiger partial charge in [-0.1, -0.05) is 33.6 Å². The number of hydrogen-bond acceptors (Lipinski definition) is 1. The highest BCUT2D eigenvalue weighted by Crippen LogP contribution is 2.12. The van der Waals surface area contributed by atoms with Gasteiger partial charge in [-0.2, -0.15) is 0 Å². The van der Waals surface area contributed by atoms with Gasteiger partial charge in [-0.05, 0) is 25.5 Å². The lowest BCUT2D eigenvalue weighted by molar-refractivity contribution is 0.0803. The molecule has 82 valence electrons. The Labute approximate surface area is 99.4 Å². The Morgan fingerprint density at radius 3 is 2.67 bits per heavy atom. The molecular weight excluding hydrogens is 254 g/mol. The summed E-state index contributed by atoms with van der Waals surface area (Å²) in [6.07, 6.45) is 0. The average Bonchev–Trinajstić information content (AvgIpc) is 2.21. The standard InChI is InChI=1S/C12H16BrNO/c1-9-4-5-10(2)11(8-9)12(15)14(3)7-6-13/h4-5,8H,6-7H2,1-3H3. The lowest BCUT2D eigenvalue weighted by Gasteiger charge is -2.17. The molecule has 0 fully saturated rings. The molecule has 0 aliphatic carbocycles. The molecule has 0 aliphatic heterocycles. The Morgan fingerprint density at radius 2 is 2.07 bits per heavy atom. The third kappa shape index (κ3) is 3.06. The van der Waals surface area contributed by atoms with Crippen molar-refractivity contribution in [3.8, 4) is 0 Å². The van der Waals surface area contributed by atoms with E-state index >= 15 is 0 Å². The first-order valence-electron chi connectivity index (χ1n) is 4.95. The lowest BCUT2D eigenvalue weighted by atomic mass is 10.0. The summed E-state index contributed by atoms with van der Waals surface area (Å²) in [5.74, 6) is 0.0932. The van der Waals surface area contributed by atoms with E-state index in [-0.39, 0.29) is 5.91 Å². The molecule has 0 bridgehead atoms.